The molecular weight excluding hydrogens is 268 g/mol. The van der Waals surface area contributed by atoms with Gasteiger partial charge in [-0.2, -0.15) is 0 Å². The van der Waals surface area contributed by atoms with Crippen molar-refractivity contribution in [2.24, 2.45) is 5.29 Å². The number of aryl methyl sites for hydroxylation is 1. The minimum absolute atomic E-state index is 0.748. The van der Waals surface area contributed by atoms with Gasteiger partial charge in [0.2, 0.25) is 0 Å². The van der Waals surface area contributed by atoms with Crippen LogP contribution in [0.4, 0.5) is 5.69 Å². The molecule has 0 aromatic heterocycles. The van der Waals surface area contributed by atoms with Gasteiger partial charge in [0.1, 0.15) is 0 Å². The lowest BCUT2D eigenvalue weighted by atomic mass is 10.1. The van der Waals surface area contributed by atoms with Gasteiger partial charge in [0.15, 0.2) is 0 Å². The van der Waals surface area contributed by atoms with E-state index < -0.39 is 0 Å². The summed E-state index contributed by atoms with van der Waals surface area (Å²) < 4.78 is 0. The van der Waals surface area contributed by atoms with Gasteiger partial charge in [-0.1, -0.05) is 40.9 Å². The lowest BCUT2D eigenvalue weighted by Crippen LogP contribution is -1.89. The lowest BCUT2D eigenvalue weighted by molar-refractivity contribution is 0.671. The van der Waals surface area contributed by atoms with Crippen LogP contribution in [0.3, 0.4) is 0 Å². The Balaban J connectivity index is 2.23. The van der Waals surface area contributed by atoms with Gasteiger partial charge in [0.25, 0.3) is 0 Å². The fraction of sp³-hybridized carbons (Fsp3) is 0.500. The van der Waals surface area contributed by atoms with Gasteiger partial charge >= 0.3 is 0 Å². The highest BCUT2D eigenvalue weighted by Gasteiger charge is 1.95. The molecule has 0 saturated carbocycles. The molecule has 0 heterocycles. The zero-order valence-corrected chi connectivity index (χ0v) is 10.9. The fourth-order valence-corrected chi connectivity index (χ4v) is 1.97. The van der Waals surface area contributed by atoms with Crippen LogP contribution in [0.15, 0.2) is 29.6 Å². The number of anilines is 1. The standard InChI is InChI=1S/C12H17BrN2O/c13-10-4-2-1-3-5-11-6-8-12(9-7-11)14-15-16/h6-9H,1-5,10H2,(H,14,16). The summed E-state index contributed by atoms with van der Waals surface area (Å²) in [5.41, 5.74) is 4.45. The number of nitroso groups, excluding NO2 is 1. The van der Waals surface area contributed by atoms with Gasteiger partial charge in [0, 0.05) is 5.33 Å². The molecule has 0 aliphatic rings. The van der Waals surface area contributed by atoms with E-state index in [9.17, 15) is 4.91 Å². The average molecular weight is 285 g/mol. The number of hydrogen-bond donors (Lipinski definition) is 1. The Morgan fingerprint density at radius 3 is 2.38 bits per heavy atom. The molecule has 0 aliphatic carbocycles. The number of unbranched alkanes of at least 4 members (excludes halogenated alkanes) is 3. The molecule has 0 spiro atoms. The number of alkyl halides is 1. The number of benzene rings is 1. The molecule has 0 bridgehead atoms. The van der Waals surface area contributed by atoms with Crippen LogP contribution < -0.4 is 5.43 Å². The molecule has 0 unspecified atom stereocenters. The Hall–Kier alpha value is -0.900. The van der Waals surface area contributed by atoms with Gasteiger partial charge in [-0.05, 0) is 37.0 Å². The highest BCUT2D eigenvalue weighted by atomic mass is 79.9. The SMILES string of the molecule is O=NNc1ccc(CCCCCCBr)cc1. The Labute approximate surface area is 105 Å². The zero-order valence-electron chi connectivity index (χ0n) is 9.29. The third-order valence-corrected chi connectivity index (χ3v) is 3.04. The van der Waals surface area contributed by atoms with E-state index in [0.29, 0.717) is 0 Å². The summed E-state index contributed by atoms with van der Waals surface area (Å²) in [5, 5.41) is 3.73. The predicted molar refractivity (Wildman–Crippen MR) is 71.8 cm³/mol. The molecule has 1 aromatic rings. The van der Waals surface area contributed by atoms with E-state index in [1.54, 1.807) is 0 Å². The summed E-state index contributed by atoms with van der Waals surface area (Å²) in [6.07, 6.45) is 6.16. The number of rotatable bonds is 8. The van der Waals surface area contributed by atoms with Crippen LogP contribution in [0.5, 0.6) is 0 Å². The van der Waals surface area contributed by atoms with Crippen molar-refractivity contribution in [3.8, 4) is 0 Å². The summed E-state index contributed by atoms with van der Waals surface area (Å²) >= 11 is 3.43. The quantitative estimate of drug-likeness (QED) is 0.335. The van der Waals surface area contributed by atoms with Crippen LogP contribution in [0.25, 0.3) is 0 Å². The molecule has 0 atom stereocenters. The van der Waals surface area contributed by atoms with E-state index >= 15 is 0 Å². The van der Waals surface area contributed by atoms with E-state index in [4.69, 9.17) is 0 Å². The monoisotopic (exact) mass is 284 g/mol. The van der Waals surface area contributed by atoms with Crippen molar-refractivity contribution in [2.75, 3.05) is 10.8 Å². The molecule has 0 amide bonds. The number of hydrogen-bond acceptors (Lipinski definition) is 2. The van der Waals surface area contributed by atoms with Gasteiger partial charge in [-0.25, -0.2) is 5.43 Å². The summed E-state index contributed by atoms with van der Waals surface area (Å²) in [5.74, 6) is 0. The summed E-state index contributed by atoms with van der Waals surface area (Å²) in [7, 11) is 0. The van der Waals surface area contributed by atoms with Crippen molar-refractivity contribution in [3.63, 3.8) is 0 Å². The second-order valence-corrected chi connectivity index (χ2v) is 4.55. The van der Waals surface area contributed by atoms with E-state index in [1.807, 2.05) is 24.3 Å². The van der Waals surface area contributed by atoms with E-state index in [0.717, 1.165) is 17.4 Å². The molecule has 1 rings (SSSR count). The maximum Gasteiger partial charge on any atom is 0.0594 e. The molecule has 88 valence electrons. The third kappa shape index (κ3) is 5.26. The van der Waals surface area contributed by atoms with Crippen LogP contribution in [-0.2, 0) is 6.42 Å². The first-order valence-corrected chi connectivity index (χ1v) is 6.72. The first-order chi connectivity index (χ1) is 7.86. The first kappa shape index (κ1) is 13.2. The molecule has 0 radical (unpaired) electrons. The lowest BCUT2D eigenvalue weighted by Gasteiger charge is -2.02. The Morgan fingerprint density at radius 1 is 1.06 bits per heavy atom. The first-order valence-electron chi connectivity index (χ1n) is 5.60. The normalized spacial score (nSPS) is 10.1. The van der Waals surface area contributed by atoms with Crippen molar-refractivity contribution in [3.05, 3.63) is 34.7 Å². The van der Waals surface area contributed by atoms with E-state index in [1.165, 1.54) is 31.2 Å². The number of nitrogens with one attached hydrogen (secondary N) is 1. The van der Waals surface area contributed by atoms with Crippen LogP contribution in [0, 0.1) is 4.91 Å². The summed E-state index contributed by atoms with van der Waals surface area (Å²) in [6.45, 7) is 0. The van der Waals surface area contributed by atoms with Crippen LogP contribution in [0.2, 0.25) is 0 Å². The van der Waals surface area contributed by atoms with Crippen molar-refractivity contribution < 1.29 is 0 Å². The van der Waals surface area contributed by atoms with Crippen LogP contribution >= 0.6 is 15.9 Å². The fourth-order valence-electron chi connectivity index (χ4n) is 1.58. The maximum absolute atomic E-state index is 9.97. The summed E-state index contributed by atoms with van der Waals surface area (Å²) in [4.78, 5) is 9.97. The smallest absolute Gasteiger partial charge is 0.0594 e. The largest absolute Gasteiger partial charge is 0.242 e. The molecule has 4 heteroatoms. The molecule has 3 nitrogen and oxygen atoms in total. The van der Waals surface area contributed by atoms with Crippen molar-refractivity contribution >= 4 is 21.6 Å². The van der Waals surface area contributed by atoms with E-state index in [-0.39, 0.29) is 0 Å². The number of nitrogens with zero attached hydrogens (tertiary/aromatic N) is 1. The van der Waals surface area contributed by atoms with Crippen LogP contribution in [0.1, 0.15) is 31.2 Å². The third-order valence-electron chi connectivity index (χ3n) is 2.48. The maximum atomic E-state index is 9.97. The second-order valence-electron chi connectivity index (χ2n) is 3.75. The Kier molecular flexibility index (Phi) is 6.81. The van der Waals surface area contributed by atoms with Gasteiger partial charge in [0.05, 0.1) is 11.0 Å². The minimum atomic E-state index is 0.748. The molecule has 1 N–H and O–H groups in total. The predicted octanol–water partition coefficient (Wildman–Crippen LogP) is 4.28. The number of halogens is 1. The van der Waals surface area contributed by atoms with Crippen molar-refractivity contribution in [1.29, 1.82) is 0 Å². The average Bonchev–Trinajstić information content (AvgIpc) is 2.31. The molecule has 0 saturated heterocycles. The second kappa shape index (κ2) is 8.28. The van der Waals surface area contributed by atoms with Gasteiger partial charge < -0.3 is 0 Å². The van der Waals surface area contributed by atoms with Crippen LogP contribution in [-0.4, -0.2) is 5.33 Å². The molecule has 0 aliphatic heterocycles. The highest BCUT2D eigenvalue weighted by Crippen LogP contribution is 2.12. The van der Waals surface area contributed by atoms with E-state index in [2.05, 4.69) is 26.6 Å². The minimum Gasteiger partial charge on any atom is -0.242 e. The molecule has 0 fully saturated rings. The summed E-state index contributed by atoms with van der Waals surface area (Å²) in [6, 6.07) is 7.85. The molecule has 16 heavy (non-hydrogen) atoms. The zero-order chi connectivity index (χ0) is 11.6. The molecular formula is C12H17BrN2O. The van der Waals surface area contributed by atoms with Crippen molar-refractivity contribution in [1.82, 2.24) is 0 Å². The molecule has 1 aromatic carbocycles. The van der Waals surface area contributed by atoms with Crippen molar-refractivity contribution in [2.45, 2.75) is 32.1 Å². The highest BCUT2D eigenvalue weighted by molar-refractivity contribution is 9.09. The topological polar surface area (TPSA) is 41.5 Å². The Bertz CT molecular complexity index is 300. The Morgan fingerprint density at radius 2 is 1.75 bits per heavy atom. The van der Waals surface area contributed by atoms with Gasteiger partial charge in [-0.15, -0.1) is 4.91 Å². The van der Waals surface area contributed by atoms with Gasteiger partial charge in [-0.3, -0.25) is 0 Å².